The van der Waals surface area contributed by atoms with Gasteiger partial charge in [-0.3, -0.25) is 4.79 Å². The Hall–Kier alpha value is -1.89. The summed E-state index contributed by atoms with van der Waals surface area (Å²) < 4.78 is 5.23. The lowest BCUT2D eigenvalue weighted by Gasteiger charge is -2.26. The molecular formula is C13H21N5O2. The Kier molecular flexibility index (Phi) is 5.11. The lowest BCUT2D eigenvalue weighted by molar-refractivity contribution is -0.134. The summed E-state index contributed by atoms with van der Waals surface area (Å²) in [5.41, 5.74) is 0. The van der Waals surface area contributed by atoms with Crippen molar-refractivity contribution in [2.45, 2.75) is 13.3 Å². The minimum Gasteiger partial charge on any atom is -0.378 e. The van der Waals surface area contributed by atoms with Crippen LogP contribution in [0.25, 0.3) is 0 Å². The van der Waals surface area contributed by atoms with Crippen molar-refractivity contribution in [3.8, 4) is 0 Å². The van der Waals surface area contributed by atoms with Gasteiger partial charge in [-0.1, -0.05) is 0 Å². The minimum absolute atomic E-state index is 0.153. The van der Waals surface area contributed by atoms with Crippen LogP contribution >= 0.6 is 0 Å². The molecule has 2 N–H and O–H groups in total. The molecule has 0 spiro atoms. The molecule has 7 heteroatoms. The van der Waals surface area contributed by atoms with Crippen molar-refractivity contribution in [1.29, 1.82) is 0 Å². The highest BCUT2D eigenvalue weighted by atomic mass is 16.5. The largest absolute Gasteiger partial charge is 0.378 e. The standard InChI is InChI=1S/C13H21N5O2/c1-10-16-11(14-2)9-12(17-10)15-4-3-13(19)18-5-7-20-8-6-18/h9H,3-8H2,1-2H3,(H2,14,15,16,17). The van der Waals surface area contributed by atoms with Gasteiger partial charge in [-0.2, -0.15) is 0 Å². The number of rotatable bonds is 5. The molecule has 0 bridgehead atoms. The maximum atomic E-state index is 12.0. The molecule has 20 heavy (non-hydrogen) atoms. The topological polar surface area (TPSA) is 79.4 Å². The quantitative estimate of drug-likeness (QED) is 0.816. The molecule has 2 heterocycles. The summed E-state index contributed by atoms with van der Waals surface area (Å²) in [5, 5.41) is 6.14. The first-order valence-electron chi connectivity index (χ1n) is 6.82. The van der Waals surface area contributed by atoms with E-state index >= 15 is 0 Å². The van der Waals surface area contributed by atoms with Gasteiger partial charge in [0.2, 0.25) is 5.91 Å². The van der Waals surface area contributed by atoms with E-state index in [0.717, 1.165) is 11.6 Å². The Labute approximate surface area is 118 Å². The number of aryl methyl sites for hydroxylation is 1. The highest BCUT2D eigenvalue weighted by Crippen LogP contribution is 2.10. The molecule has 1 amide bonds. The van der Waals surface area contributed by atoms with E-state index in [9.17, 15) is 4.79 Å². The molecule has 1 fully saturated rings. The summed E-state index contributed by atoms with van der Waals surface area (Å²) in [5.74, 6) is 2.34. The van der Waals surface area contributed by atoms with Gasteiger partial charge in [0.15, 0.2) is 0 Å². The molecule has 0 saturated carbocycles. The van der Waals surface area contributed by atoms with Crippen LogP contribution < -0.4 is 10.6 Å². The summed E-state index contributed by atoms with van der Waals surface area (Å²) in [6, 6.07) is 1.83. The van der Waals surface area contributed by atoms with Crippen LogP contribution in [0.1, 0.15) is 12.2 Å². The third-order valence-electron chi connectivity index (χ3n) is 3.10. The predicted octanol–water partition coefficient (Wildman–Crippen LogP) is 0.488. The van der Waals surface area contributed by atoms with Crippen LogP contribution in [0, 0.1) is 6.92 Å². The molecule has 0 unspecified atom stereocenters. The van der Waals surface area contributed by atoms with Gasteiger partial charge in [0.05, 0.1) is 13.2 Å². The zero-order valence-corrected chi connectivity index (χ0v) is 12.0. The van der Waals surface area contributed by atoms with Crippen LogP contribution in [0.3, 0.4) is 0 Å². The van der Waals surface area contributed by atoms with E-state index in [1.54, 1.807) is 0 Å². The molecule has 2 rings (SSSR count). The third-order valence-corrected chi connectivity index (χ3v) is 3.10. The van der Waals surface area contributed by atoms with E-state index in [1.807, 2.05) is 24.9 Å². The monoisotopic (exact) mass is 279 g/mol. The number of aromatic nitrogens is 2. The zero-order valence-electron chi connectivity index (χ0n) is 12.0. The fourth-order valence-electron chi connectivity index (χ4n) is 2.05. The summed E-state index contributed by atoms with van der Waals surface area (Å²) in [6.45, 7) is 5.05. The molecule has 1 aromatic rings. The summed E-state index contributed by atoms with van der Waals surface area (Å²) in [6.07, 6.45) is 0.456. The van der Waals surface area contributed by atoms with Crippen LogP contribution in [0.2, 0.25) is 0 Å². The average Bonchev–Trinajstić information content (AvgIpc) is 2.47. The molecular weight excluding hydrogens is 258 g/mol. The van der Waals surface area contributed by atoms with Gasteiger partial charge in [-0.15, -0.1) is 0 Å². The van der Waals surface area contributed by atoms with Crippen LogP contribution in [-0.4, -0.2) is 60.7 Å². The van der Waals surface area contributed by atoms with Gasteiger partial charge in [0.1, 0.15) is 17.5 Å². The van der Waals surface area contributed by atoms with E-state index in [4.69, 9.17) is 4.74 Å². The van der Waals surface area contributed by atoms with Gasteiger partial charge in [0, 0.05) is 39.2 Å². The van der Waals surface area contributed by atoms with Crippen molar-refractivity contribution in [2.24, 2.45) is 0 Å². The Bertz CT molecular complexity index is 460. The molecule has 0 aliphatic carbocycles. The Morgan fingerprint density at radius 1 is 1.35 bits per heavy atom. The second kappa shape index (κ2) is 7.04. The maximum absolute atomic E-state index is 12.0. The molecule has 1 aromatic heterocycles. The molecule has 110 valence electrons. The van der Waals surface area contributed by atoms with E-state index in [-0.39, 0.29) is 5.91 Å². The van der Waals surface area contributed by atoms with Crippen molar-refractivity contribution in [3.63, 3.8) is 0 Å². The number of carbonyl (C=O) groups excluding carboxylic acids is 1. The van der Waals surface area contributed by atoms with Crippen LogP contribution in [0.15, 0.2) is 6.07 Å². The van der Waals surface area contributed by atoms with Crippen molar-refractivity contribution < 1.29 is 9.53 Å². The second-order valence-corrected chi connectivity index (χ2v) is 4.61. The van der Waals surface area contributed by atoms with Crippen LogP contribution in [0.4, 0.5) is 11.6 Å². The van der Waals surface area contributed by atoms with E-state index in [1.165, 1.54) is 0 Å². The molecule has 0 aromatic carbocycles. The number of nitrogens with one attached hydrogen (secondary N) is 2. The molecule has 1 saturated heterocycles. The van der Waals surface area contributed by atoms with Gasteiger partial charge < -0.3 is 20.3 Å². The summed E-state index contributed by atoms with van der Waals surface area (Å²) >= 11 is 0. The highest BCUT2D eigenvalue weighted by Gasteiger charge is 2.16. The number of carbonyl (C=O) groups is 1. The number of ether oxygens (including phenoxy) is 1. The van der Waals surface area contributed by atoms with Crippen LogP contribution in [0.5, 0.6) is 0 Å². The maximum Gasteiger partial charge on any atom is 0.224 e. The Morgan fingerprint density at radius 3 is 2.75 bits per heavy atom. The van der Waals surface area contributed by atoms with Crippen molar-refractivity contribution >= 4 is 17.5 Å². The number of morpholine rings is 1. The van der Waals surface area contributed by atoms with Gasteiger partial charge in [-0.25, -0.2) is 9.97 Å². The first kappa shape index (κ1) is 14.5. The molecule has 1 aliphatic rings. The second-order valence-electron chi connectivity index (χ2n) is 4.61. The van der Waals surface area contributed by atoms with Crippen molar-refractivity contribution in [1.82, 2.24) is 14.9 Å². The lowest BCUT2D eigenvalue weighted by Crippen LogP contribution is -2.41. The van der Waals surface area contributed by atoms with E-state index in [0.29, 0.717) is 45.1 Å². The molecule has 0 radical (unpaired) electrons. The normalized spacial score (nSPS) is 15.0. The number of anilines is 2. The minimum atomic E-state index is 0.153. The number of nitrogens with zero attached hydrogens (tertiary/aromatic N) is 3. The Balaban J connectivity index is 1.80. The molecule has 1 aliphatic heterocycles. The summed E-state index contributed by atoms with van der Waals surface area (Å²) in [4.78, 5) is 22.3. The number of hydrogen-bond acceptors (Lipinski definition) is 6. The molecule has 0 atom stereocenters. The number of amides is 1. The first-order valence-corrected chi connectivity index (χ1v) is 6.82. The van der Waals surface area contributed by atoms with Gasteiger partial charge in [0.25, 0.3) is 0 Å². The highest BCUT2D eigenvalue weighted by molar-refractivity contribution is 5.76. The lowest BCUT2D eigenvalue weighted by atomic mass is 10.3. The third kappa shape index (κ3) is 4.06. The smallest absolute Gasteiger partial charge is 0.224 e. The fraction of sp³-hybridized carbons (Fsp3) is 0.615. The fourth-order valence-corrected chi connectivity index (χ4v) is 2.05. The summed E-state index contributed by atoms with van der Waals surface area (Å²) in [7, 11) is 1.81. The Morgan fingerprint density at radius 2 is 2.05 bits per heavy atom. The van der Waals surface area contributed by atoms with Crippen LogP contribution in [-0.2, 0) is 9.53 Å². The van der Waals surface area contributed by atoms with E-state index in [2.05, 4.69) is 20.6 Å². The van der Waals surface area contributed by atoms with Gasteiger partial charge in [-0.05, 0) is 6.92 Å². The van der Waals surface area contributed by atoms with Crippen molar-refractivity contribution in [2.75, 3.05) is 50.5 Å². The average molecular weight is 279 g/mol. The SMILES string of the molecule is CNc1cc(NCCC(=O)N2CCOCC2)nc(C)n1. The first-order chi connectivity index (χ1) is 9.69. The zero-order chi connectivity index (χ0) is 14.4. The van der Waals surface area contributed by atoms with Gasteiger partial charge >= 0.3 is 0 Å². The van der Waals surface area contributed by atoms with Crippen molar-refractivity contribution in [3.05, 3.63) is 11.9 Å². The predicted molar refractivity (Wildman–Crippen MR) is 76.8 cm³/mol. The number of hydrogen-bond donors (Lipinski definition) is 2. The molecule has 7 nitrogen and oxygen atoms in total. The van der Waals surface area contributed by atoms with E-state index < -0.39 is 0 Å².